The second-order valence-corrected chi connectivity index (χ2v) is 6.60. The molecule has 1 heterocycles. The molecule has 0 fully saturated rings. The summed E-state index contributed by atoms with van der Waals surface area (Å²) in [6.45, 7) is 4.68. The fourth-order valence-corrected chi connectivity index (χ4v) is 3.28. The number of benzene rings is 2. The summed E-state index contributed by atoms with van der Waals surface area (Å²) in [5, 5.41) is 5.29. The van der Waals surface area contributed by atoms with Crippen molar-refractivity contribution in [2.24, 2.45) is 0 Å². The van der Waals surface area contributed by atoms with Crippen molar-refractivity contribution in [2.45, 2.75) is 26.4 Å². The van der Waals surface area contributed by atoms with Crippen molar-refractivity contribution in [2.75, 3.05) is 14.2 Å². The first-order valence-electron chi connectivity index (χ1n) is 8.54. The molecule has 0 spiro atoms. The maximum atomic E-state index is 6.56. The van der Waals surface area contributed by atoms with E-state index >= 15 is 0 Å². The third kappa shape index (κ3) is 3.62. The van der Waals surface area contributed by atoms with Gasteiger partial charge in [-0.2, -0.15) is 0 Å². The first-order chi connectivity index (χ1) is 12.5. The molecule has 5 heteroatoms. The molecule has 1 unspecified atom stereocenters. The van der Waals surface area contributed by atoms with Crippen LogP contribution in [0.2, 0.25) is 5.02 Å². The number of hydrogen-bond donors (Lipinski definition) is 1. The fraction of sp³-hybridized carbons (Fsp3) is 0.286. The molecule has 4 nitrogen and oxygen atoms in total. The minimum absolute atomic E-state index is 0.0460. The molecule has 3 rings (SSSR count). The van der Waals surface area contributed by atoms with Gasteiger partial charge in [-0.3, -0.25) is 0 Å². The summed E-state index contributed by atoms with van der Waals surface area (Å²) in [6.07, 6.45) is 0. The molecule has 1 aromatic heterocycles. The standard InChI is InChI=1S/C21H23ClN2O2/c1-13-16-7-5-6-8-18(16)24-19(21(13)22)12-23-14(2)17-11-15(25-3)9-10-20(17)26-4/h5-11,14,23H,12H2,1-4H3. The molecule has 136 valence electrons. The minimum Gasteiger partial charge on any atom is -0.497 e. The molecule has 2 aromatic carbocycles. The molecule has 0 aliphatic rings. The highest BCUT2D eigenvalue weighted by Crippen LogP contribution is 2.30. The Labute approximate surface area is 159 Å². The number of ether oxygens (including phenoxy) is 2. The predicted octanol–water partition coefficient (Wildman–Crippen LogP) is 5.06. The van der Waals surface area contributed by atoms with Gasteiger partial charge in [0.2, 0.25) is 0 Å². The van der Waals surface area contributed by atoms with Crippen molar-refractivity contribution < 1.29 is 9.47 Å². The Kier molecular flexibility index (Phi) is 5.64. The highest BCUT2D eigenvalue weighted by molar-refractivity contribution is 6.32. The van der Waals surface area contributed by atoms with E-state index in [4.69, 9.17) is 26.1 Å². The summed E-state index contributed by atoms with van der Waals surface area (Å²) in [6, 6.07) is 13.9. The van der Waals surface area contributed by atoms with Crippen molar-refractivity contribution in [3.05, 3.63) is 64.3 Å². The first-order valence-corrected chi connectivity index (χ1v) is 8.92. The largest absolute Gasteiger partial charge is 0.497 e. The van der Waals surface area contributed by atoms with Crippen LogP contribution in [0.15, 0.2) is 42.5 Å². The van der Waals surface area contributed by atoms with Gasteiger partial charge in [-0.1, -0.05) is 29.8 Å². The number of rotatable bonds is 6. The average molecular weight is 371 g/mol. The molecule has 0 radical (unpaired) electrons. The molecule has 1 atom stereocenters. The van der Waals surface area contributed by atoms with Crippen molar-refractivity contribution in [1.82, 2.24) is 10.3 Å². The van der Waals surface area contributed by atoms with Crippen molar-refractivity contribution >= 4 is 22.5 Å². The van der Waals surface area contributed by atoms with Crippen LogP contribution in [-0.4, -0.2) is 19.2 Å². The number of pyridine rings is 1. The number of nitrogens with zero attached hydrogens (tertiary/aromatic N) is 1. The van der Waals surface area contributed by atoms with E-state index in [0.29, 0.717) is 11.6 Å². The summed E-state index contributed by atoms with van der Waals surface area (Å²) in [5.74, 6) is 1.62. The quantitative estimate of drug-likeness (QED) is 0.658. The second kappa shape index (κ2) is 7.94. The number of hydrogen-bond acceptors (Lipinski definition) is 4. The molecule has 0 aliphatic heterocycles. The van der Waals surface area contributed by atoms with Gasteiger partial charge in [0.1, 0.15) is 11.5 Å². The van der Waals surface area contributed by atoms with Crippen LogP contribution < -0.4 is 14.8 Å². The van der Waals surface area contributed by atoms with E-state index in [1.807, 2.05) is 49.4 Å². The number of aromatic nitrogens is 1. The van der Waals surface area contributed by atoms with Crippen LogP contribution in [0.5, 0.6) is 11.5 Å². The number of nitrogens with one attached hydrogen (secondary N) is 1. The van der Waals surface area contributed by atoms with Gasteiger partial charge in [0, 0.05) is 23.5 Å². The SMILES string of the molecule is COc1ccc(OC)c(C(C)NCc2nc3ccccc3c(C)c2Cl)c1. The van der Waals surface area contributed by atoms with Crippen LogP contribution in [0.25, 0.3) is 10.9 Å². The third-order valence-electron chi connectivity index (χ3n) is 4.63. The van der Waals surface area contributed by atoms with Crippen LogP contribution >= 0.6 is 11.6 Å². The molecular formula is C21H23ClN2O2. The lowest BCUT2D eigenvalue weighted by molar-refractivity contribution is 0.391. The third-order valence-corrected chi connectivity index (χ3v) is 5.13. The van der Waals surface area contributed by atoms with Crippen molar-refractivity contribution in [3.63, 3.8) is 0 Å². The Bertz CT molecular complexity index is 927. The maximum Gasteiger partial charge on any atom is 0.123 e. The Morgan fingerprint density at radius 3 is 2.62 bits per heavy atom. The van der Waals surface area contributed by atoms with Crippen molar-refractivity contribution in [3.8, 4) is 11.5 Å². The first kappa shape index (κ1) is 18.5. The zero-order valence-corrected chi connectivity index (χ0v) is 16.2. The van der Waals surface area contributed by atoms with Gasteiger partial charge in [0.05, 0.1) is 30.5 Å². The van der Waals surface area contributed by atoms with Gasteiger partial charge >= 0.3 is 0 Å². The Morgan fingerprint density at radius 2 is 1.88 bits per heavy atom. The van der Waals surface area contributed by atoms with Crippen LogP contribution in [0.1, 0.15) is 29.8 Å². The molecule has 0 bridgehead atoms. The summed E-state index contributed by atoms with van der Waals surface area (Å²) >= 11 is 6.56. The topological polar surface area (TPSA) is 43.4 Å². The van der Waals surface area contributed by atoms with Gasteiger partial charge in [0.15, 0.2) is 0 Å². The number of halogens is 1. The highest BCUT2D eigenvalue weighted by Gasteiger charge is 2.15. The second-order valence-electron chi connectivity index (χ2n) is 6.23. The predicted molar refractivity (Wildman–Crippen MR) is 106 cm³/mol. The normalized spacial score (nSPS) is 12.2. The monoisotopic (exact) mass is 370 g/mol. The number of aryl methyl sites for hydroxylation is 1. The van der Waals surface area contributed by atoms with Crippen molar-refractivity contribution in [1.29, 1.82) is 0 Å². The van der Waals surface area contributed by atoms with Gasteiger partial charge in [-0.05, 0) is 43.7 Å². The van der Waals surface area contributed by atoms with Crippen LogP contribution in [0.3, 0.4) is 0 Å². The number of para-hydroxylation sites is 1. The number of methoxy groups -OCH3 is 2. The smallest absolute Gasteiger partial charge is 0.123 e. The van der Waals surface area contributed by atoms with Crippen LogP contribution in [-0.2, 0) is 6.54 Å². The van der Waals surface area contributed by atoms with E-state index in [9.17, 15) is 0 Å². The highest BCUT2D eigenvalue weighted by atomic mass is 35.5. The Morgan fingerprint density at radius 1 is 1.12 bits per heavy atom. The van der Waals surface area contributed by atoms with Gasteiger partial charge in [-0.15, -0.1) is 0 Å². The summed E-state index contributed by atoms with van der Waals surface area (Å²) < 4.78 is 10.8. The molecule has 0 aliphatic carbocycles. The van der Waals surface area contributed by atoms with E-state index in [-0.39, 0.29) is 6.04 Å². The fourth-order valence-electron chi connectivity index (χ4n) is 3.07. The van der Waals surface area contributed by atoms with Gasteiger partial charge < -0.3 is 14.8 Å². The molecular weight excluding hydrogens is 348 g/mol. The van der Waals surface area contributed by atoms with E-state index in [0.717, 1.165) is 39.2 Å². The Hall–Kier alpha value is -2.30. The maximum absolute atomic E-state index is 6.56. The summed E-state index contributed by atoms with van der Waals surface area (Å²) in [5.41, 5.74) is 3.88. The van der Waals surface area contributed by atoms with Crippen LogP contribution in [0, 0.1) is 6.92 Å². The van der Waals surface area contributed by atoms with E-state index in [2.05, 4.69) is 12.2 Å². The molecule has 1 N–H and O–H groups in total. The lowest BCUT2D eigenvalue weighted by Crippen LogP contribution is -2.20. The summed E-state index contributed by atoms with van der Waals surface area (Å²) in [4.78, 5) is 4.73. The van der Waals surface area contributed by atoms with E-state index in [1.54, 1.807) is 14.2 Å². The van der Waals surface area contributed by atoms with E-state index < -0.39 is 0 Å². The molecule has 3 aromatic rings. The van der Waals surface area contributed by atoms with Gasteiger partial charge in [0.25, 0.3) is 0 Å². The molecule has 0 saturated carbocycles. The number of fused-ring (bicyclic) bond motifs is 1. The Balaban J connectivity index is 1.85. The van der Waals surface area contributed by atoms with Gasteiger partial charge in [-0.25, -0.2) is 4.98 Å². The summed E-state index contributed by atoms with van der Waals surface area (Å²) in [7, 11) is 3.33. The van der Waals surface area contributed by atoms with E-state index in [1.165, 1.54) is 0 Å². The zero-order valence-electron chi connectivity index (χ0n) is 15.5. The molecule has 26 heavy (non-hydrogen) atoms. The van der Waals surface area contributed by atoms with Crippen LogP contribution in [0.4, 0.5) is 0 Å². The average Bonchev–Trinajstić information content (AvgIpc) is 2.68. The lowest BCUT2D eigenvalue weighted by atomic mass is 10.1. The zero-order chi connectivity index (χ0) is 18.7. The molecule has 0 saturated heterocycles. The lowest BCUT2D eigenvalue weighted by Gasteiger charge is -2.19. The minimum atomic E-state index is 0.0460. The molecule has 0 amide bonds.